The smallest absolute Gasteiger partial charge is 0.222 e. The molecule has 3 N–H and O–H groups in total. The van der Waals surface area contributed by atoms with Crippen molar-refractivity contribution in [3.63, 3.8) is 0 Å². The average molecular weight is 212 g/mol. The van der Waals surface area contributed by atoms with Crippen molar-refractivity contribution in [2.75, 3.05) is 0 Å². The Hall–Kier alpha value is -0.570. The third kappa shape index (κ3) is 4.20. The number of amides is 1. The highest BCUT2D eigenvalue weighted by molar-refractivity contribution is 5.77. The van der Waals surface area contributed by atoms with Gasteiger partial charge in [-0.05, 0) is 26.2 Å². The summed E-state index contributed by atoms with van der Waals surface area (Å²) in [4.78, 5) is 11.7. The molecule has 1 fully saturated rings. The van der Waals surface area contributed by atoms with Crippen molar-refractivity contribution in [2.45, 2.75) is 70.4 Å². The summed E-state index contributed by atoms with van der Waals surface area (Å²) in [7, 11) is 0. The van der Waals surface area contributed by atoms with Crippen molar-refractivity contribution >= 4 is 5.91 Å². The lowest BCUT2D eigenvalue weighted by Crippen LogP contribution is -2.44. The molecule has 0 aromatic rings. The molecule has 1 saturated carbocycles. The van der Waals surface area contributed by atoms with Crippen molar-refractivity contribution in [3.05, 3.63) is 0 Å². The summed E-state index contributed by atoms with van der Waals surface area (Å²) in [6.45, 7) is 4.18. The van der Waals surface area contributed by atoms with E-state index in [0.717, 1.165) is 25.7 Å². The summed E-state index contributed by atoms with van der Waals surface area (Å²) in [5.41, 5.74) is 5.94. The van der Waals surface area contributed by atoms with Crippen LogP contribution in [0.1, 0.15) is 58.8 Å². The summed E-state index contributed by atoms with van der Waals surface area (Å²) in [5.74, 6) is 0.125. The summed E-state index contributed by atoms with van der Waals surface area (Å²) in [6, 6.07) is 0.285. The molecule has 1 rings (SSSR count). The van der Waals surface area contributed by atoms with Crippen LogP contribution in [0, 0.1) is 0 Å². The Morgan fingerprint density at radius 2 is 2.07 bits per heavy atom. The van der Waals surface area contributed by atoms with E-state index in [1.807, 2.05) is 0 Å². The number of nitrogens with one attached hydrogen (secondary N) is 1. The Balaban J connectivity index is 2.28. The highest BCUT2D eigenvalue weighted by Crippen LogP contribution is 2.29. The van der Waals surface area contributed by atoms with Gasteiger partial charge in [0.05, 0.1) is 0 Å². The second-order valence-electron chi connectivity index (χ2n) is 5.00. The molecule has 1 atom stereocenters. The maximum Gasteiger partial charge on any atom is 0.222 e. The molecule has 0 heterocycles. The molecule has 0 aliphatic heterocycles. The van der Waals surface area contributed by atoms with E-state index in [0.29, 0.717) is 6.42 Å². The largest absolute Gasteiger partial charge is 0.354 e. The molecule has 1 aliphatic carbocycles. The van der Waals surface area contributed by atoms with Gasteiger partial charge in [-0.3, -0.25) is 4.79 Å². The molecule has 1 unspecified atom stereocenters. The third-order valence-electron chi connectivity index (χ3n) is 3.24. The Morgan fingerprint density at radius 1 is 1.47 bits per heavy atom. The maximum atomic E-state index is 11.7. The molecule has 3 heteroatoms. The molecule has 3 nitrogen and oxygen atoms in total. The van der Waals surface area contributed by atoms with Gasteiger partial charge in [0.25, 0.3) is 0 Å². The quantitative estimate of drug-likeness (QED) is 0.732. The Morgan fingerprint density at radius 3 is 2.60 bits per heavy atom. The van der Waals surface area contributed by atoms with Crippen molar-refractivity contribution in [2.24, 2.45) is 5.73 Å². The van der Waals surface area contributed by atoms with Gasteiger partial charge in [-0.2, -0.15) is 0 Å². The molecule has 0 aromatic heterocycles. The van der Waals surface area contributed by atoms with E-state index in [1.165, 1.54) is 12.8 Å². The van der Waals surface area contributed by atoms with E-state index < -0.39 is 0 Å². The molecule has 1 aliphatic rings. The molecule has 0 bridgehead atoms. The van der Waals surface area contributed by atoms with Crippen molar-refractivity contribution in [1.29, 1.82) is 0 Å². The Labute approximate surface area is 92.8 Å². The highest BCUT2D eigenvalue weighted by atomic mass is 16.1. The Bertz CT molecular complexity index is 210. The first-order chi connectivity index (χ1) is 7.06. The minimum absolute atomic E-state index is 0.125. The molecule has 1 amide bonds. The summed E-state index contributed by atoms with van der Waals surface area (Å²) in [6.07, 6.45) is 7.01. The number of rotatable bonds is 5. The Kier molecular flexibility index (Phi) is 4.58. The minimum Gasteiger partial charge on any atom is -0.354 e. The van der Waals surface area contributed by atoms with E-state index in [2.05, 4.69) is 19.2 Å². The lowest BCUT2D eigenvalue weighted by atomic mass is 9.94. The zero-order chi connectivity index (χ0) is 11.3. The van der Waals surface area contributed by atoms with Gasteiger partial charge in [-0.25, -0.2) is 0 Å². The van der Waals surface area contributed by atoms with E-state index in [1.54, 1.807) is 0 Å². The van der Waals surface area contributed by atoms with Gasteiger partial charge in [-0.1, -0.05) is 26.2 Å². The van der Waals surface area contributed by atoms with Crippen LogP contribution < -0.4 is 11.1 Å². The second-order valence-corrected chi connectivity index (χ2v) is 5.00. The normalized spacial score (nSPS) is 21.3. The molecule has 0 spiro atoms. The van der Waals surface area contributed by atoms with Gasteiger partial charge in [0.2, 0.25) is 5.91 Å². The van der Waals surface area contributed by atoms with Gasteiger partial charge < -0.3 is 11.1 Å². The van der Waals surface area contributed by atoms with Crippen molar-refractivity contribution in [1.82, 2.24) is 5.32 Å². The molecular weight excluding hydrogens is 188 g/mol. The lowest BCUT2D eigenvalue weighted by molar-refractivity contribution is -0.122. The molecule has 0 radical (unpaired) electrons. The molecule has 0 saturated heterocycles. The highest BCUT2D eigenvalue weighted by Gasteiger charge is 2.31. The minimum atomic E-state index is -0.212. The van der Waals surface area contributed by atoms with Gasteiger partial charge in [0, 0.05) is 18.0 Å². The molecule has 15 heavy (non-hydrogen) atoms. The van der Waals surface area contributed by atoms with Gasteiger partial charge in [0.15, 0.2) is 0 Å². The van der Waals surface area contributed by atoms with E-state index >= 15 is 0 Å². The van der Waals surface area contributed by atoms with E-state index in [-0.39, 0.29) is 17.5 Å². The third-order valence-corrected chi connectivity index (χ3v) is 3.24. The second kappa shape index (κ2) is 5.50. The first-order valence-corrected chi connectivity index (χ1v) is 6.14. The predicted molar refractivity (Wildman–Crippen MR) is 62.5 cm³/mol. The van der Waals surface area contributed by atoms with Crippen LogP contribution in [0.15, 0.2) is 0 Å². The topological polar surface area (TPSA) is 55.1 Å². The number of hydrogen-bond donors (Lipinski definition) is 2. The van der Waals surface area contributed by atoms with Gasteiger partial charge in [-0.15, -0.1) is 0 Å². The van der Waals surface area contributed by atoms with Crippen LogP contribution in [0.3, 0.4) is 0 Å². The van der Waals surface area contributed by atoms with Gasteiger partial charge in [0.1, 0.15) is 0 Å². The number of nitrogens with two attached hydrogens (primary N) is 1. The number of carbonyl (C=O) groups is 1. The summed E-state index contributed by atoms with van der Waals surface area (Å²) >= 11 is 0. The van der Waals surface area contributed by atoms with Crippen molar-refractivity contribution in [3.8, 4) is 0 Å². The number of carbonyl (C=O) groups excluding carboxylic acids is 1. The van der Waals surface area contributed by atoms with Crippen LogP contribution in [-0.2, 0) is 4.79 Å². The molecular formula is C12H24N2O. The molecule has 0 aromatic carbocycles. The van der Waals surface area contributed by atoms with E-state index in [9.17, 15) is 4.79 Å². The molecule has 88 valence electrons. The van der Waals surface area contributed by atoms with Crippen LogP contribution >= 0.6 is 0 Å². The van der Waals surface area contributed by atoms with Crippen LogP contribution in [0.25, 0.3) is 0 Å². The predicted octanol–water partition coefficient (Wildman–Crippen LogP) is 1.95. The first-order valence-electron chi connectivity index (χ1n) is 6.14. The fourth-order valence-electron chi connectivity index (χ4n) is 2.41. The zero-order valence-corrected chi connectivity index (χ0v) is 10.0. The van der Waals surface area contributed by atoms with Crippen molar-refractivity contribution < 1.29 is 4.79 Å². The van der Waals surface area contributed by atoms with Gasteiger partial charge >= 0.3 is 0 Å². The van der Waals surface area contributed by atoms with Crippen LogP contribution in [0.2, 0.25) is 0 Å². The maximum absolute atomic E-state index is 11.7. The lowest BCUT2D eigenvalue weighted by Gasteiger charge is -2.23. The fraction of sp³-hybridized carbons (Fsp3) is 0.917. The monoisotopic (exact) mass is 212 g/mol. The van der Waals surface area contributed by atoms with E-state index in [4.69, 9.17) is 5.73 Å². The zero-order valence-electron chi connectivity index (χ0n) is 10.0. The average Bonchev–Trinajstić information content (AvgIpc) is 2.51. The summed E-state index contributed by atoms with van der Waals surface area (Å²) < 4.78 is 0. The van der Waals surface area contributed by atoms with Crippen LogP contribution in [0.4, 0.5) is 0 Å². The first kappa shape index (κ1) is 12.5. The fourth-order valence-corrected chi connectivity index (χ4v) is 2.41. The SMILES string of the molecule is CCCC(C)NC(=O)CC1(N)CCCC1. The number of hydrogen-bond acceptors (Lipinski definition) is 2. The summed E-state index contributed by atoms with van der Waals surface area (Å²) in [5, 5.41) is 3.01. The standard InChI is InChI=1S/C12H24N2O/c1-3-6-10(2)14-11(15)9-12(13)7-4-5-8-12/h10H,3-9,13H2,1-2H3,(H,14,15). The van der Waals surface area contributed by atoms with Crippen LogP contribution in [-0.4, -0.2) is 17.5 Å². The van der Waals surface area contributed by atoms with Crippen LogP contribution in [0.5, 0.6) is 0 Å².